The Hall–Kier alpha value is -2.76. The minimum absolute atomic E-state index is 0.571. The van der Waals surface area contributed by atoms with Gasteiger partial charge in [-0.15, -0.1) is 0 Å². The van der Waals surface area contributed by atoms with E-state index < -0.39 is 0 Å². The first kappa shape index (κ1) is 20.5. The second-order valence-electron chi connectivity index (χ2n) is 8.05. The normalized spacial score (nSPS) is 16.3. The summed E-state index contributed by atoms with van der Waals surface area (Å²) in [6.45, 7) is 10.3. The molecule has 3 aromatic rings. The largest absolute Gasteiger partial charge is 0.383 e. The number of nitrogens with zero attached hydrogens (tertiary/aromatic N) is 4. The molecule has 0 atom stereocenters. The number of allylic oxidation sites excluding steroid dienone is 1. The molecule has 0 spiro atoms. The average molecular weight is 402 g/mol. The SMILES string of the molecule is CC/C=C(/CN1CCN(Cc2nc(N)c3ccccc3n2)CC1)c1ccccc1C. The zero-order valence-electron chi connectivity index (χ0n) is 18.0. The Bertz CT molecular complexity index is 1030. The molecule has 5 heteroatoms. The van der Waals surface area contributed by atoms with Crippen molar-refractivity contribution in [3.8, 4) is 0 Å². The van der Waals surface area contributed by atoms with E-state index in [2.05, 4.69) is 59.0 Å². The van der Waals surface area contributed by atoms with Crippen molar-refractivity contribution >= 4 is 22.3 Å². The molecule has 1 fully saturated rings. The molecule has 0 bridgehead atoms. The summed E-state index contributed by atoms with van der Waals surface area (Å²) in [5.41, 5.74) is 11.2. The third kappa shape index (κ3) is 4.69. The van der Waals surface area contributed by atoms with Crippen LogP contribution in [0.3, 0.4) is 0 Å². The highest BCUT2D eigenvalue weighted by Crippen LogP contribution is 2.22. The van der Waals surface area contributed by atoms with Crippen molar-refractivity contribution in [2.24, 2.45) is 0 Å². The Morgan fingerprint density at radius 2 is 1.67 bits per heavy atom. The van der Waals surface area contributed by atoms with E-state index in [9.17, 15) is 0 Å². The van der Waals surface area contributed by atoms with E-state index in [-0.39, 0.29) is 0 Å². The predicted molar refractivity (Wildman–Crippen MR) is 125 cm³/mol. The number of para-hydroxylation sites is 1. The highest BCUT2D eigenvalue weighted by atomic mass is 15.3. The lowest BCUT2D eigenvalue weighted by Crippen LogP contribution is -2.46. The summed E-state index contributed by atoms with van der Waals surface area (Å²) in [7, 11) is 0. The summed E-state index contributed by atoms with van der Waals surface area (Å²) < 4.78 is 0. The van der Waals surface area contributed by atoms with Crippen molar-refractivity contribution < 1.29 is 0 Å². The van der Waals surface area contributed by atoms with Crippen LogP contribution in [0.4, 0.5) is 5.82 Å². The molecule has 30 heavy (non-hydrogen) atoms. The number of nitrogen functional groups attached to an aromatic ring is 1. The van der Waals surface area contributed by atoms with Crippen molar-refractivity contribution in [3.05, 3.63) is 71.6 Å². The van der Waals surface area contributed by atoms with Gasteiger partial charge in [-0.1, -0.05) is 49.4 Å². The van der Waals surface area contributed by atoms with Gasteiger partial charge in [-0.2, -0.15) is 0 Å². The van der Waals surface area contributed by atoms with Gasteiger partial charge in [0, 0.05) is 38.1 Å². The average Bonchev–Trinajstić information content (AvgIpc) is 2.75. The summed E-state index contributed by atoms with van der Waals surface area (Å²) in [6.07, 6.45) is 3.44. The number of anilines is 1. The fraction of sp³-hybridized carbons (Fsp3) is 0.360. The van der Waals surface area contributed by atoms with E-state index >= 15 is 0 Å². The Morgan fingerprint density at radius 3 is 2.43 bits per heavy atom. The molecule has 0 unspecified atom stereocenters. The third-order valence-electron chi connectivity index (χ3n) is 5.84. The quantitative estimate of drug-likeness (QED) is 0.673. The second kappa shape index (κ2) is 9.37. The first-order chi connectivity index (χ1) is 14.6. The Balaban J connectivity index is 1.38. The van der Waals surface area contributed by atoms with E-state index in [0.29, 0.717) is 5.82 Å². The molecular formula is C25H31N5. The van der Waals surface area contributed by atoms with Gasteiger partial charge in [-0.3, -0.25) is 9.80 Å². The fourth-order valence-electron chi connectivity index (χ4n) is 4.21. The molecular weight excluding hydrogens is 370 g/mol. The van der Waals surface area contributed by atoms with Crippen LogP contribution in [0.15, 0.2) is 54.6 Å². The van der Waals surface area contributed by atoms with Gasteiger partial charge in [-0.25, -0.2) is 9.97 Å². The summed E-state index contributed by atoms with van der Waals surface area (Å²) in [6, 6.07) is 16.6. The Morgan fingerprint density at radius 1 is 0.967 bits per heavy atom. The number of aromatic nitrogens is 2. The van der Waals surface area contributed by atoms with Crippen LogP contribution in [0.25, 0.3) is 16.5 Å². The van der Waals surface area contributed by atoms with Gasteiger partial charge < -0.3 is 5.73 Å². The molecule has 2 heterocycles. The number of piperazine rings is 1. The predicted octanol–water partition coefficient (Wildman–Crippen LogP) is 4.13. The van der Waals surface area contributed by atoms with Gasteiger partial charge in [0.15, 0.2) is 0 Å². The maximum Gasteiger partial charge on any atom is 0.145 e. The van der Waals surface area contributed by atoms with Crippen LogP contribution in [0.1, 0.15) is 30.3 Å². The van der Waals surface area contributed by atoms with Crippen molar-refractivity contribution in [2.45, 2.75) is 26.8 Å². The maximum absolute atomic E-state index is 6.15. The van der Waals surface area contributed by atoms with Crippen LogP contribution in [-0.2, 0) is 6.54 Å². The molecule has 156 valence electrons. The van der Waals surface area contributed by atoms with Gasteiger partial charge in [0.2, 0.25) is 0 Å². The van der Waals surface area contributed by atoms with Crippen LogP contribution in [-0.4, -0.2) is 52.5 Å². The molecule has 5 nitrogen and oxygen atoms in total. The van der Waals surface area contributed by atoms with Crippen molar-refractivity contribution in [1.82, 2.24) is 19.8 Å². The van der Waals surface area contributed by atoms with Gasteiger partial charge in [0.25, 0.3) is 0 Å². The van der Waals surface area contributed by atoms with Gasteiger partial charge in [0.05, 0.1) is 12.1 Å². The van der Waals surface area contributed by atoms with Gasteiger partial charge in [-0.05, 0) is 42.2 Å². The molecule has 0 radical (unpaired) electrons. The topological polar surface area (TPSA) is 58.3 Å². The fourth-order valence-corrected chi connectivity index (χ4v) is 4.21. The molecule has 2 aromatic carbocycles. The van der Waals surface area contributed by atoms with Crippen LogP contribution < -0.4 is 5.73 Å². The number of fused-ring (bicyclic) bond motifs is 1. The summed E-state index contributed by atoms with van der Waals surface area (Å²) in [5.74, 6) is 1.38. The van der Waals surface area contributed by atoms with Gasteiger partial charge >= 0.3 is 0 Å². The highest BCUT2D eigenvalue weighted by Gasteiger charge is 2.20. The highest BCUT2D eigenvalue weighted by molar-refractivity contribution is 5.87. The first-order valence-corrected chi connectivity index (χ1v) is 10.8. The van der Waals surface area contributed by atoms with Crippen LogP contribution in [0.5, 0.6) is 0 Å². The standard InChI is InChI=1S/C25H31N5/c1-3-8-20(21-10-5-4-9-19(21)2)17-29-13-15-30(16-14-29)18-24-27-23-12-7-6-11-22(23)25(26)28-24/h4-12H,3,13-18H2,1-2H3,(H2,26,27,28)/b20-8-. The lowest BCUT2D eigenvalue weighted by molar-refractivity contribution is 0.136. The number of aryl methyl sites for hydroxylation is 1. The second-order valence-corrected chi connectivity index (χ2v) is 8.05. The molecule has 0 amide bonds. The number of benzene rings is 2. The summed E-state index contributed by atoms with van der Waals surface area (Å²) >= 11 is 0. The molecule has 1 aliphatic rings. The monoisotopic (exact) mass is 401 g/mol. The van der Waals surface area contributed by atoms with E-state index in [1.807, 2.05) is 24.3 Å². The van der Waals surface area contributed by atoms with Crippen molar-refractivity contribution in [3.63, 3.8) is 0 Å². The molecule has 1 saturated heterocycles. The van der Waals surface area contributed by atoms with E-state index in [0.717, 1.165) is 62.4 Å². The lowest BCUT2D eigenvalue weighted by Gasteiger charge is -2.35. The van der Waals surface area contributed by atoms with Gasteiger partial charge in [0.1, 0.15) is 11.6 Å². The van der Waals surface area contributed by atoms with Crippen LogP contribution >= 0.6 is 0 Å². The number of nitrogens with two attached hydrogens (primary N) is 1. The maximum atomic E-state index is 6.15. The summed E-state index contributed by atoms with van der Waals surface area (Å²) in [5, 5.41) is 0.928. The van der Waals surface area contributed by atoms with E-state index in [4.69, 9.17) is 10.7 Å². The molecule has 1 aromatic heterocycles. The first-order valence-electron chi connectivity index (χ1n) is 10.8. The third-order valence-corrected chi connectivity index (χ3v) is 5.84. The number of hydrogen-bond acceptors (Lipinski definition) is 5. The molecule has 2 N–H and O–H groups in total. The Kier molecular flexibility index (Phi) is 6.41. The van der Waals surface area contributed by atoms with Crippen molar-refractivity contribution in [1.29, 1.82) is 0 Å². The zero-order chi connectivity index (χ0) is 20.9. The summed E-state index contributed by atoms with van der Waals surface area (Å²) in [4.78, 5) is 14.2. The molecule has 0 saturated carbocycles. The van der Waals surface area contributed by atoms with Crippen LogP contribution in [0.2, 0.25) is 0 Å². The van der Waals surface area contributed by atoms with E-state index in [1.165, 1.54) is 16.7 Å². The minimum Gasteiger partial charge on any atom is -0.383 e. The van der Waals surface area contributed by atoms with E-state index in [1.54, 1.807) is 0 Å². The number of hydrogen-bond donors (Lipinski definition) is 1. The van der Waals surface area contributed by atoms with Crippen LogP contribution in [0, 0.1) is 6.92 Å². The zero-order valence-corrected chi connectivity index (χ0v) is 18.0. The molecule has 0 aliphatic carbocycles. The minimum atomic E-state index is 0.571. The molecule has 1 aliphatic heterocycles. The Labute approximate surface area is 179 Å². The molecule has 4 rings (SSSR count). The number of rotatable bonds is 6. The van der Waals surface area contributed by atoms with Crippen molar-refractivity contribution in [2.75, 3.05) is 38.5 Å². The lowest BCUT2D eigenvalue weighted by atomic mass is 9.99. The smallest absolute Gasteiger partial charge is 0.145 e.